The second kappa shape index (κ2) is 6.29. The van der Waals surface area contributed by atoms with E-state index < -0.39 is 5.92 Å². The number of aliphatic hydroxyl groups is 1. The monoisotopic (exact) mass is 261 g/mol. The molecule has 2 aliphatic carbocycles. The lowest BCUT2D eigenvalue weighted by Crippen LogP contribution is -2.35. The fraction of sp³-hybridized carbons (Fsp3) is 1.00. The van der Waals surface area contributed by atoms with Gasteiger partial charge in [-0.1, -0.05) is 0 Å². The van der Waals surface area contributed by atoms with Crippen LogP contribution in [0.3, 0.4) is 0 Å². The molecule has 2 N–H and O–H groups in total. The first-order valence-corrected chi connectivity index (χ1v) is 7.32. The lowest BCUT2D eigenvalue weighted by Gasteiger charge is -2.30. The predicted molar refractivity (Wildman–Crippen MR) is 67.7 cm³/mol. The summed E-state index contributed by atoms with van der Waals surface area (Å²) in [5.41, 5.74) is 0. The van der Waals surface area contributed by atoms with Crippen molar-refractivity contribution in [3.63, 3.8) is 0 Å². The van der Waals surface area contributed by atoms with Gasteiger partial charge in [-0.2, -0.15) is 0 Å². The van der Waals surface area contributed by atoms with Crippen molar-refractivity contribution in [3.05, 3.63) is 0 Å². The maximum atomic E-state index is 13.2. The standard InChI is InChI=1S/C14H25F2NO/c15-14(16)7-1-2-12(8-14)10-17-9-11-3-5-13(18)6-4-11/h11-13,17-18H,1-10H2. The van der Waals surface area contributed by atoms with E-state index in [2.05, 4.69) is 5.32 Å². The van der Waals surface area contributed by atoms with Gasteiger partial charge in [0, 0.05) is 12.8 Å². The average molecular weight is 261 g/mol. The smallest absolute Gasteiger partial charge is 0.248 e. The fourth-order valence-electron chi connectivity index (χ4n) is 3.29. The first-order valence-electron chi connectivity index (χ1n) is 7.32. The summed E-state index contributed by atoms with van der Waals surface area (Å²) in [6, 6.07) is 0. The van der Waals surface area contributed by atoms with Gasteiger partial charge >= 0.3 is 0 Å². The van der Waals surface area contributed by atoms with Gasteiger partial charge in [-0.15, -0.1) is 0 Å². The molecule has 2 rings (SSSR count). The van der Waals surface area contributed by atoms with Crippen molar-refractivity contribution in [2.45, 2.75) is 63.4 Å². The molecule has 106 valence electrons. The Balaban J connectivity index is 1.60. The van der Waals surface area contributed by atoms with Crippen LogP contribution in [0.2, 0.25) is 0 Å². The van der Waals surface area contributed by atoms with E-state index in [-0.39, 0.29) is 24.9 Å². The molecule has 0 aromatic carbocycles. The van der Waals surface area contributed by atoms with Crippen LogP contribution < -0.4 is 5.32 Å². The van der Waals surface area contributed by atoms with E-state index in [1.165, 1.54) is 0 Å². The molecule has 1 atom stereocenters. The number of alkyl halides is 2. The Hall–Kier alpha value is -0.220. The van der Waals surface area contributed by atoms with Crippen LogP contribution in [0.5, 0.6) is 0 Å². The topological polar surface area (TPSA) is 32.3 Å². The molecule has 2 fully saturated rings. The van der Waals surface area contributed by atoms with Crippen LogP contribution in [0.1, 0.15) is 51.4 Å². The highest BCUT2D eigenvalue weighted by molar-refractivity contribution is 4.80. The fourth-order valence-corrected chi connectivity index (χ4v) is 3.29. The molecule has 18 heavy (non-hydrogen) atoms. The maximum absolute atomic E-state index is 13.2. The third-order valence-electron chi connectivity index (χ3n) is 4.42. The number of nitrogens with one attached hydrogen (secondary N) is 1. The van der Waals surface area contributed by atoms with Crippen LogP contribution >= 0.6 is 0 Å². The van der Waals surface area contributed by atoms with Gasteiger partial charge in [-0.05, 0) is 63.5 Å². The molecule has 0 bridgehead atoms. The lowest BCUT2D eigenvalue weighted by molar-refractivity contribution is -0.0521. The van der Waals surface area contributed by atoms with Gasteiger partial charge in [0.1, 0.15) is 0 Å². The Morgan fingerprint density at radius 1 is 1.00 bits per heavy atom. The molecular formula is C14H25F2NO. The number of halogens is 2. The van der Waals surface area contributed by atoms with Gasteiger partial charge in [0.2, 0.25) is 5.92 Å². The van der Waals surface area contributed by atoms with Crippen molar-refractivity contribution in [3.8, 4) is 0 Å². The summed E-state index contributed by atoms with van der Waals surface area (Å²) in [6.45, 7) is 1.66. The summed E-state index contributed by atoms with van der Waals surface area (Å²) in [6.07, 6.45) is 5.54. The Morgan fingerprint density at radius 3 is 2.33 bits per heavy atom. The molecule has 0 aromatic rings. The molecule has 2 aliphatic rings. The van der Waals surface area contributed by atoms with Gasteiger partial charge < -0.3 is 10.4 Å². The molecule has 0 amide bonds. The molecule has 2 nitrogen and oxygen atoms in total. The van der Waals surface area contributed by atoms with Crippen molar-refractivity contribution >= 4 is 0 Å². The molecular weight excluding hydrogens is 236 g/mol. The summed E-state index contributed by atoms with van der Waals surface area (Å²) in [7, 11) is 0. The number of hydrogen-bond acceptors (Lipinski definition) is 2. The predicted octanol–water partition coefficient (Wildman–Crippen LogP) is 2.95. The maximum Gasteiger partial charge on any atom is 0.248 e. The summed E-state index contributed by atoms with van der Waals surface area (Å²) in [5, 5.41) is 12.8. The third kappa shape index (κ3) is 4.47. The Morgan fingerprint density at radius 2 is 1.67 bits per heavy atom. The zero-order valence-electron chi connectivity index (χ0n) is 11.0. The van der Waals surface area contributed by atoms with E-state index in [4.69, 9.17) is 0 Å². The van der Waals surface area contributed by atoms with Crippen molar-refractivity contribution < 1.29 is 13.9 Å². The molecule has 4 heteroatoms. The molecule has 1 unspecified atom stereocenters. The van der Waals surface area contributed by atoms with Gasteiger partial charge in [0.05, 0.1) is 6.10 Å². The largest absolute Gasteiger partial charge is 0.393 e. The highest BCUT2D eigenvalue weighted by Gasteiger charge is 2.35. The minimum atomic E-state index is -2.43. The molecule has 0 heterocycles. The summed E-state index contributed by atoms with van der Waals surface area (Å²) in [4.78, 5) is 0. The molecule has 0 saturated heterocycles. The van der Waals surface area contributed by atoms with Gasteiger partial charge in [0.15, 0.2) is 0 Å². The van der Waals surface area contributed by atoms with E-state index in [1.807, 2.05) is 0 Å². The molecule has 0 aliphatic heterocycles. The summed E-state index contributed by atoms with van der Waals surface area (Å²) < 4.78 is 26.4. The van der Waals surface area contributed by atoms with Crippen LogP contribution in [-0.4, -0.2) is 30.2 Å². The molecule has 2 saturated carbocycles. The first-order chi connectivity index (χ1) is 8.55. The third-order valence-corrected chi connectivity index (χ3v) is 4.42. The highest BCUT2D eigenvalue weighted by Crippen LogP contribution is 2.36. The molecule has 0 radical (unpaired) electrons. The van der Waals surface area contributed by atoms with Crippen LogP contribution in [0.25, 0.3) is 0 Å². The Kier molecular flexibility index (Phi) is 4.96. The van der Waals surface area contributed by atoms with Crippen molar-refractivity contribution in [1.29, 1.82) is 0 Å². The van der Waals surface area contributed by atoms with E-state index >= 15 is 0 Å². The number of rotatable bonds is 4. The van der Waals surface area contributed by atoms with Gasteiger partial charge in [-0.25, -0.2) is 8.78 Å². The van der Waals surface area contributed by atoms with E-state index in [0.29, 0.717) is 12.3 Å². The molecule has 0 spiro atoms. The van der Waals surface area contributed by atoms with E-state index in [9.17, 15) is 13.9 Å². The summed E-state index contributed by atoms with van der Waals surface area (Å²) >= 11 is 0. The quantitative estimate of drug-likeness (QED) is 0.815. The van der Waals surface area contributed by atoms with E-state index in [1.54, 1.807) is 0 Å². The minimum Gasteiger partial charge on any atom is -0.393 e. The van der Waals surface area contributed by atoms with Gasteiger partial charge in [-0.3, -0.25) is 0 Å². The van der Waals surface area contributed by atoms with Crippen LogP contribution in [0, 0.1) is 11.8 Å². The van der Waals surface area contributed by atoms with Gasteiger partial charge in [0.25, 0.3) is 0 Å². The SMILES string of the molecule is OC1CCC(CNCC2CCCC(F)(F)C2)CC1. The zero-order chi connectivity index (χ0) is 13.0. The lowest BCUT2D eigenvalue weighted by atomic mass is 9.85. The van der Waals surface area contributed by atoms with Crippen molar-refractivity contribution in [2.75, 3.05) is 13.1 Å². The van der Waals surface area contributed by atoms with Crippen LogP contribution in [0.15, 0.2) is 0 Å². The number of hydrogen-bond donors (Lipinski definition) is 2. The van der Waals surface area contributed by atoms with Crippen molar-refractivity contribution in [2.24, 2.45) is 11.8 Å². The zero-order valence-corrected chi connectivity index (χ0v) is 11.0. The second-order valence-electron chi connectivity index (χ2n) is 6.15. The van der Waals surface area contributed by atoms with Crippen LogP contribution in [-0.2, 0) is 0 Å². The number of aliphatic hydroxyl groups excluding tert-OH is 1. The highest BCUT2D eigenvalue weighted by atomic mass is 19.3. The minimum absolute atomic E-state index is 0.0589. The second-order valence-corrected chi connectivity index (χ2v) is 6.15. The van der Waals surface area contributed by atoms with E-state index in [0.717, 1.165) is 45.2 Å². The average Bonchev–Trinajstić information content (AvgIpc) is 2.30. The normalized spacial score (nSPS) is 36.5. The van der Waals surface area contributed by atoms with Crippen molar-refractivity contribution in [1.82, 2.24) is 5.32 Å². The Labute approximate surface area is 108 Å². The summed E-state index contributed by atoms with van der Waals surface area (Å²) in [5.74, 6) is -1.67. The Bertz CT molecular complexity index is 252. The first kappa shape index (κ1) is 14.2. The molecule has 0 aromatic heterocycles. The van der Waals surface area contributed by atoms with Crippen LogP contribution in [0.4, 0.5) is 8.78 Å².